The molecule has 16 heavy (non-hydrogen) atoms. The molecule has 0 unspecified atom stereocenters. The molecule has 0 amide bonds. The summed E-state index contributed by atoms with van der Waals surface area (Å²) in [7, 11) is 0. The van der Waals surface area contributed by atoms with Crippen LogP contribution in [0.25, 0.3) is 0 Å². The van der Waals surface area contributed by atoms with Crippen LogP contribution in [-0.2, 0) is 6.54 Å². The lowest BCUT2D eigenvalue weighted by Gasteiger charge is -2.30. The maximum absolute atomic E-state index is 9.35. The van der Waals surface area contributed by atoms with Gasteiger partial charge in [-0.3, -0.25) is 4.90 Å². The molecule has 1 aliphatic carbocycles. The highest BCUT2D eigenvalue weighted by molar-refractivity contribution is 5.15. The molecule has 0 aromatic heterocycles. The van der Waals surface area contributed by atoms with Crippen molar-refractivity contribution in [2.45, 2.75) is 19.4 Å². The topological polar surface area (TPSA) is 23.5 Å². The van der Waals surface area contributed by atoms with Crippen molar-refractivity contribution in [3.05, 3.63) is 35.9 Å². The fourth-order valence-corrected chi connectivity index (χ4v) is 3.04. The summed E-state index contributed by atoms with van der Waals surface area (Å²) in [5.74, 6) is 0.759. The fraction of sp³-hybridized carbons (Fsp3) is 0.571. The van der Waals surface area contributed by atoms with Crippen LogP contribution in [-0.4, -0.2) is 29.7 Å². The number of hydrogen-bond donors (Lipinski definition) is 1. The monoisotopic (exact) mass is 217 g/mol. The Morgan fingerprint density at radius 3 is 2.81 bits per heavy atom. The van der Waals surface area contributed by atoms with Gasteiger partial charge in [-0.05, 0) is 36.3 Å². The Hall–Kier alpha value is -0.860. The largest absolute Gasteiger partial charge is 0.396 e. The first-order chi connectivity index (χ1) is 7.82. The number of nitrogens with zero attached hydrogens (tertiary/aromatic N) is 1. The van der Waals surface area contributed by atoms with Gasteiger partial charge in [0.1, 0.15) is 0 Å². The molecule has 2 aliphatic rings. The smallest absolute Gasteiger partial charge is 0.0491 e. The van der Waals surface area contributed by atoms with E-state index in [-0.39, 0.29) is 0 Å². The quantitative estimate of drug-likeness (QED) is 0.835. The minimum absolute atomic E-state index is 0.327. The van der Waals surface area contributed by atoms with Crippen LogP contribution in [0.5, 0.6) is 0 Å². The van der Waals surface area contributed by atoms with Crippen LogP contribution in [0, 0.1) is 11.3 Å². The second kappa shape index (κ2) is 3.86. The third-order valence-corrected chi connectivity index (χ3v) is 4.33. The molecule has 1 heterocycles. The molecule has 2 heteroatoms. The summed E-state index contributed by atoms with van der Waals surface area (Å²) in [6.07, 6.45) is 2.43. The predicted molar refractivity (Wildman–Crippen MR) is 64.0 cm³/mol. The van der Waals surface area contributed by atoms with Crippen LogP contribution in [0.4, 0.5) is 0 Å². The zero-order valence-electron chi connectivity index (χ0n) is 9.60. The fourth-order valence-electron chi connectivity index (χ4n) is 3.04. The van der Waals surface area contributed by atoms with Gasteiger partial charge < -0.3 is 5.11 Å². The van der Waals surface area contributed by atoms with E-state index < -0.39 is 0 Å². The lowest BCUT2D eigenvalue weighted by Crippen LogP contribution is -2.35. The summed E-state index contributed by atoms with van der Waals surface area (Å²) in [6, 6.07) is 10.7. The third kappa shape index (κ3) is 1.76. The number of likely N-dealkylation sites (tertiary alicyclic amines) is 1. The molecule has 0 radical (unpaired) electrons. The van der Waals surface area contributed by atoms with E-state index in [0.717, 1.165) is 19.0 Å². The van der Waals surface area contributed by atoms with Gasteiger partial charge in [0.15, 0.2) is 0 Å². The van der Waals surface area contributed by atoms with Gasteiger partial charge in [-0.2, -0.15) is 0 Å². The van der Waals surface area contributed by atoms with Gasteiger partial charge in [0, 0.05) is 19.7 Å². The Morgan fingerprint density at radius 1 is 1.31 bits per heavy atom. The summed E-state index contributed by atoms with van der Waals surface area (Å²) in [5, 5.41) is 9.35. The molecule has 2 fully saturated rings. The highest BCUT2D eigenvalue weighted by Gasteiger charge is 2.55. The van der Waals surface area contributed by atoms with Crippen LogP contribution in [0.3, 0.4) is 0 Å². The number of aliphatic hydroxyl groups is 1. The second-order valence-electron chi connectivity index (χ2n) is 5.39. The summed E-state index contributed by atoms with van der Waals surface area (Å²) < 4.78 is 0. The average Bonchev–Trinajstić information content (AvgIpc) is 3.05. The number of piperidine rings is 1. The first-order valence-corrected chi connectivity index (χ1v) is 6.19. The van der Waals surface area contributed by atoms with Crippen molar-refractivity contribution in [3.8, 4) is 0 Å². The number of rotatable bonds is 3. The van der Waals surface area contributed by atoms with Crippen molar-refractivity contribution in [2.75, 3.05) is 19.7 Å². The van der Waals surface area contributed by atoms with Crippen molar-refractivity contribution in [2.24, 2.45) is 11.3 Å². The van der Waals surface area contributed by atoms with Crippen molar-refractivity contribution in [1.29, 1.82) is 0 Å². The van der Waals surface area contributed by atoms with Gasteiger partial charge in [-0.25, -0.2) is 0 Å². The highest BCUT2D eigenvalue weighted by atomic mass is 16.3. The minimum Gasteiger partial charge on any atom is -0.396 e. The van der Waals surface area contributed by atoms with E-state index in [2.05, 4.69) is 35.2 Å². The maximum Gasteiger partial charge on any atom is 0.0491 e. The number of hydrogen-bond acceptors (Lipinski definition) is 2. The van der Waals surface area contributed by atoms with E-state index in [1.807, 2.05) is 0 Å². The molecule has 1 aromatic carbocycles. The Labute approximate surface area is 96.9 Å². The van der Waals surface area contributed by atoms with Crippen molar-refractivity contribution in [3.63, 3.8) is 0 Å². The van der Waals surface area contributed by atoms with E-state index in [1.165, 1.54) is 24.9 Å². The Balaban J connectivity index is 1.59. The van der Waals surface area contributed by atoms with Gasteiger partial charge in [0.2, 0.25) is 0 Å². The molecule has 0 spiro atoms. The Morgan fingerprint density at radius 2 is 2.12 bits per heavy atom. The van der Waals surface area contributed by atoms with Crippen LogP contribution in [0.15, 0.2) is 30.3 Å². The molecule has 1 saturated carbocycles. The van der Waals surface area contributed by atoms with Gasteiger partial charge in [0.05, 0.1) is 0 Å². The molecular weight excluding hydrogens is 198 g/mol. The van der Waals surface area contributed by atoms with E-state index in [0.29, 0.717) is 12.0 Å². The highest BCUT2D eigenvalue weighted by Crippen LogP contribution is 2.57. The number of aliphatic hydroxyl groups excluding tert-OH is 1. The number of fused-ring (bicyclic) bond motifs is 1. The first kappa shape index (κ1) is 10.3. The minimum atomic E-state index is 0.327. The molecule has 1 aromatic rings. The molecule has 1 saturated heterocycles. The van der Waals surface area contributed by atoms with Crippen LogP contribution < -0.4 is 0 Å². The SMILES string of the molecule is OC[C@@]12CCN(Cc3ccccc3)C[C@H]1C2. The molecule has 2 atom stereocenters. The molecule has 1 aliphatic heterocycles. The van der Waals surface area contributed by atoms with E-state index in [4.69, 9.17) is 0 Å². The van der Waals surface area contributed by atoms with Crippen LogP contribution in [0.2, 0.25) is 0 Å². The average molecular weight is 217 g/mol. The molecule has 2 nitrogen and oxygen atoms in total. The van der Waals surface area contributed by atoms with Gasteiger partial charge in [0.25, 0.3) is 0 Å². The zero-order chi connectivity index (χ0) is 11.0. The van der Waals surface area contributed by atoms with Gasteiger partial charge in [-0.15, -0.1) is 0 Å². The molecule has 3 rings (SSSR count). The molecule has 86 valence electrons. The van der Waals surface area contributed by atoms with Crippen molar-refractivity contribution < 1.29 is 5.11 Å². The summed E-state index contributed by atoms with van der Waals surface area (Å²) in [6.45, 7) is 3.79. The Bertz CT molecular complexity index is 364. The maximum atomic E-state index is 9.35. The van der Waals surface area contributed by atoms with Crippen molar-refractivity contribution >= 4 is 0 Å². The lowest BCUT2D eigenvalue weighted by atomic mass is 9.96. The first-order valence-electron chi connectivity index (χ1n) is 6.19. The lowest BCUT2D eigenvalue weighted by molar-refractivity contribution is 0.116. The summed E-state index contributed by atoms with van der Waals surface area (Å²) >= 11 is 0. The normalized spacial score (nSPS) is 33.4. The summed E-state index contributed by atoms with van der Waals surface area (Å²) in [5.41, 5.74) is 1.73. The van der Waals surface area contributed by atoms with E-state index >= 15 is 0 Å². The zero-order valence-corrected chi connectivity index (χ0v) is 9.60. The summed E-state index contributed by atoms with van der Waals surface area (Å²) in [4.78, 5) is 2.53. The van der Waals surface area contributed by atoms with Gasteiger partial charge >= 0.3 is 0 Å². The van der Waals surface area contributed by atoms with Crippen molar-refractivity contribution in [1.82, 2.24) is 4.90 Å². The van der Waals surface area contributed by atoms with Gasteiger partial charge in [-0.1, -0.05) is 30.3 Å². The number of benzene rings is 1. The predicted octanol–water partition coefficient (Wildman–Crippen LogP) is 1.89. The van der Waals surface area contributed by atoms with E-state index in [1.54, 1.807) is 0 Å². The van der Waals surface area contributed by atoms with E-state index in [9.17, 15) is 5.11 Å². The van der Waals surface area contributed by atoms with Crippen LogP contribution >= 0.6 is 0 Å². The molecule has 1 N–H and O–H groups in total. The van der Waals surface area contributed by atoms with Crippen LogP contribution in [0.1, 0.15) is 18.4 Å². The second-order valence-corrected chi connectivity index (χ2v) is 5.39. The Kier molecular flexibility index (Phi) is 2.49. The molecule has 0 bridgehead atoms. The third-order valence-electron chi connectivity index (χ3n) is 4.33. The standard InChI is InChI=1S/C14H19NO/c16-11-14-6-7-15(10-13(14)8-14)9-12-4-2-1-3-5-12/h1-5,13,16H,6-11H2/t13-,14+/m1/s1. The molecular formula is C14H19NO.